The predicted octanol–water partition coefficient (Wildman–Crippen LogP) is 2.16. The van der Waals surface area contributed by atoms with Crippen molar-refractivity contribution in [1.29, 1.82) is 0 Å². The summed E-state index contributed by atoms with van der Waals surface area (Å²) in [5.74, 6) is -0.241. The molecule has 26 heavy (non-hydrogen) atoms. The normalized spacial score (nSPS) is 12.5. The summed E-state index contributed by atoms with van der Waals surface area (Å²) < 4.78 is 8.19. The molecule has 0 radical (unpaired) electrons. The number of nitrogens with one attached hydrogen (secondary N) is 1. The quantitative estimate of drug-likeness (QED) is 0.598. The van der Waals surface area contributed by atoms with Crippen LogP contribution in [0.4, 0.5) is 0 Å². The van der Waals surface area contributed by atoms with Crippen molar-refractivity contribution in [3.8, 4) is 0 Å². The summed E-state index contributed by atoms with van der Waals surface area (Å²) in [7, 11) is 0. The lowest BCUT2D eigenvalue weighted by molar-refractivity contribution is -0.124. The molecule has 3 aromatic heterocycles. The van der Waals surface area contributed by atoms with Crippen LogP contribution in [0.15, 0.2) is 64.3 Å². The zero-order chi connectivity index (χ0) is 18.1. The third-order valence-corrected chi connectivity index (χ3v) is 4.48. The van der Waals surface area contributed by atoms with E-state index in [1.165, 1.54) is 11.0 Å². The van der Waals surface area contributed by atoms with Crippen LogP contribution >= 0.6 is 0 Å². The molecule has 1 amide bonds. The lowest BCUT2D eigenvalue weighted by Crippen LogP contribution is -2.38. The van der Waals surface area contributed by atoms with Gasteiger partial charge in [-0.15, -0.1) is 0 Å². The van der Waals surface area contributed by atoms with Crippen LogP contribution in [0.3, 0.4) is 0 Å². The largest absolute Gasteiger partial charge is 0.463 e. The number of fused-ring (bicyclic) bond motifs is 3. The molecule has 7 heteroatoms. The highest BCUT2D eigenvalue weighted by Gasteiger charge is 2.19. The molecule has 0 saturated heterocycles. The molecule has 1 aromatic carbocycles. The Morgan fingerprint density at radius 3 is 2.85 bits per heavy atom. The molecule has 4 rings (SSSR count). The topological polar surface area (TPSA) is 81.5 Å². The maximum absolute atomic E-state index is 12.7. The van der Waals surface area contributed by atoms with Crippen LogP contribution in [0.1, 0.15) is 18.5 Å². The van der Waals surface area contributed by atoms with Crippen LogP contribution in [0.2, 0.25) is 0 Å². The van der Waals surface area contributed by atoms with Gasteiger partial charge in [-0.3, -0.25) is 14.0 Å². The molecular formula is C19H18N4O3. The third-order valence-electron chi connectivity index (χ3n) is 4.48. The standard InChI is InChI=1S/C19H18N4O3/c1-13(18(24)20-9-7-14-5-3-2-4-6-14)23-19(25)16-11-17-15(8-10-26-17)22(16)12-21-23/h2-6,8,10-13H,7,9H2,1H3,(H,20,24). The van der Waals surface area contributed by atoms with Crippen LogP contribution in [0.5, 0.6) is 0 Å². The number of amides is 1. The van der Waals surface area contributed by atoms with Crippen molar-refractivity contribution < 1.29 is 9.21 Å². The fourth-order valence-electron chi connectivity index (χ4n) is 3.02. The molecule has 1 N–H and O–H groups in total. The molecule has 0 bridgehead atoms. The summed E-state index contributed by atoms with van der Waals surface area (Å²) in [5, 5.41) is 7.02. The lowest BCUT2D eigenvalue weighted by atomic mass is 10.1. The van der Waals surface area contributed by atoms with Gasteiger partial charge in [0.2, 0.25) is 5.91 Å². The van der Waals surface area contributed by atoms with Crippen molar-refractivity contribution in [1.82, 2.24) is 19.5 Å². The summed E-state index contributed by atoms with van der Waals surface area (Å²) in [4.78, 5) is 25.1. The van der Waals surface area contributed by atoms with Gasteiger partial charge in [-0.25, -0.2) is 4.68 Å². The number of carbonyl (C=O) groups excluding carboxylic acids is 1. The van der Waals surface area contributed by atoms with Gasteiger partial charge in [0.05, 0.1) is 11.8 Å². The second-order valence-electron chi connectivity index (χ2n) is 6.15. The first-order chi connectivity index (χ1) is 12.6. The maximum atomic E-state index is 12.7. The van der Waals surface area contributed by atoms with Gasteiger partial charge in [-0.1, -0.05) is 30.3 Å². The molecule has 1 atom stereocenters. The van der Waals surface area contributed by atoms with Crippen molar-refractivity contribution >= 4 is 22.5 Å². The highest BCUT2D eigenvalue weighted by Crippen LogP contribution is 2.18. The fourth-order valence-corrected chi connectivity index (χ4v) is 3.02. The first kappa shape index (κ1) is 16.1. The summed E-state index contributed by atoms with van der Waals surface area (Å²) in [5.41, 5.74) is 2.63. The van der Waals surface area contributed by atoms with Crippen molar-refractivity contribution in [3.05, 3.63) is 71.0 Å². The van der Waals surface area contributed by atoms with E-state index in [2.05, 4.69) is 10.4 Å². The van der Waals surface area contributed by atoms with Gasteiger partial charge in [0, 0.05) is 18.7 Å². The highest BCUT2D eigenvalue weighted by molar-refractivity contribution is 5.82. The average Bonchev–Trinajstić information content (AvgIpc) is 3.24. The molecule has 0 saturated carbocycles. The molecule has 0 aliphatic heterocycles. The molecule has 7 nitrogen and oxygen atoms in total. The minimum absolute atomic E-state index is 0.241. The molecule has 132 valence electrons. The average molecular weight is 350 g/mol. The maximum Gasteiger partial charge on any atom is 0.291 e. The van der Waals surface area contributed by atoms with Crippen LogP contribution < -0.4 is 10.9 Å². The summed E-state index contributed by atoms with van der Waals surface area (Å²) in [6, 6.07) is 12.6. The van der Waals surface area contributed by atoms with Crippen molar-refractivity contribution in [2.24, 2.45) is 0 Å². The van der Waals surface area contributed by atoms with Crippen molar-refractivity contribution in [2.45, 2.75) is 19.4 Å². The number of nitrogens with zero attached hydrogens (tertiary/aromatic N) is 3. The van der Waals surface area contributed by atoms with Gasteiger partial charge >= 0.3 is 0 Å². The Balaban J connectivity index is 1.51. The van der Waals surface area contributed by atoms with Gasteiger partial charge in [-0.05, 0) is 18.9 Å². The molecule has 0 aliphatic carbocycles. The molecule has 1 unspecified atom stereocenters. The lowest BCUT2D eigenvalue weighted by Gasteiger charge is -2.14. The summed E-state index contributed by atoms with van der Waals surface area (Å²) in [6.07, 6.45) is 3.82. The second-order valence-corrected chi connectivity index (χ2v) is 6.15. The Morgan fingerprint density at radius 1 is 1.23 bits per heavy atom. The molecular weight excluding hydrogens is 332 g/mol. The van der Waals surface area contributed by atoms with E-state index in [4.69, 9.17) is 4.42 Å². The van der Waals surface area contributed by atoms with E-state index < -0.39 is 6.04 Å². The van der Waals surface area contributed by atoms with Crippen LogP contribution in [-0.4, -0.2) is 26.6 Å². The van der Waals surface area contributed by atoms with Crippen LogP contribution in [-0.2, 0) is 11.2 Å². The van der Waals surface area contributed by atoms with Gasteiger partial charge in [-0.2, -0.15) is 5.10 Å². The van der Waals surface area contributed by atoms with E-state index in [1.54, 1.807) is 29.7 Å². The third kappa shape index (κ3) is 2.77. The van der Waals surface area contributed by atoms with Gasteiger partial charge in [0.15, 0.2) is 5.58 Å². The number of hydrogen-bond donors (Lipinski definition) is 1. The number of benzene rings is 1. The SMILES string of the molecule is CC(C(=O)NCCc1ccccc1)n1ncn2c(cc3occc32)c1=O. The Bertz CT molecular complexity index is 1120. The Hall–Kier alpha value is -3.35. The summed E-state index contributed by atoms with van der Waals surface area (Å²) >= 11 is 0. The minimum atomic E-state index is -0.704. The second kappa shape index (κ2) is 6.51. The van der Waals surface area contributed by atoms with E-state index in [0.29, 0.717) is 17.6 Å². The van der Waals surface area contributed by atoms with E-state index in [-0.39, 0.29) is 11.5 Å². The van der Waals surface area contributed by atoms with Gasteiger partial charge in [0.25, 0.3) is 5.56 Å². The van der Waals surface area contributed by atoms with Crippen molar-refractivity contribution in [3.63, 3.8) is 0 Å². The number of aromatic nitrogens is 3. The fraction of sp³-hybridized carbons (Fsp3) is 0.211. The van der Waals surface area contributed by atoms with Crippen LogP contribution in [0.25, 0.3) is 16.6 Å². The number of rotatable bonds is 5. The zero-order valence-electron chi connectivity index (χ0n) is 14.3. The van der Waals surface area contributed by atoms with Gasteiger partial charge < -0.3 is 9.73 Å². The minimum Gasteiger partial charge on any atom is -0.463 e. The molecule has 0 aliphatic rings. The number of carbonyl (C=O) groups is 1. The Kier molecular flexibility index (Phi) is 4.04. The Morgan fingerprint density at radius 2 is 2.04 bits per heavy atom. The summed E-state index contributed by atoms with van der Waals surface area (Å²) in [6.45, 7) is 2.16. The van der Waals surface area contributed by atoms with Crippen molar-refractivity contribution in [2.75, 3.05) is 6.54 Å². The molecule has 0 fully saturated rings. The van der Waals surface area contributed by atoms with Crippen LogP contribution in [0, 0.1) is 0 Å². The monoisotopic (exact) mass is 350 g/mol. The molecule has 0 spiro atoms. The van der Waals surface area contributed by atoms with Gasteiger partial charge in [0.1, 0.15) is 17.9 Å². The van der Waals surface area contributed by atoms with E-state index in [9.17, 15) is 9.59 Å². The van der Waals surface area contributed by atoms with E-state index in [0.717, 1.165) is 17.5 Å². The highest BCUT2D eigenvalue weighted by atomic mass is 16.3. The number of hydrogen-bond acceptors (Lipinski definition) is 4. The smallest absolute Gasteiger partial charge is 0.291 e. The molecule has 3 heterocycles. The Labute approximate surface area is 148 Å². The van der Waals surface area contributed by atoms with E-state index in [1.807, 2.05) is 30.3 Å². The first-order valence-corrected chi connectivity index (χ1v) is 8.43. The molecule has 4 aromatic rings. The first-order valence-electron chi connectivity index (χ1n) is 8.43. The van der Waals surface area contributed by atoms with E-state index >= 15 is 0 Å². The predicted molar refractivity (Wildman–Crippen MR) is 97.1 cm³/mol. The number of furan rings is 1. The zero-order valence-corrected chi connectivity index (χ0v) is 14.3.